The highest BCUT2D eigenvalue weighted by molar-refractivity contribution is 7.93. The first-order chi connectivity index (χ1) is 29.8. The van der Waals surface area contributed by atoms with Crippen LogP contribution in [0.1, 0.15) is 11.1 Å². The summed E-state index contributed by atoms with van der Waals surface area (Å²) < 4.78 is 81.4. The lowest BCUT2D eigenvalue weighted by molar-refractivity contribution is 0.251. The number of pyridine rings is 2. The Morgan fingerprint density at radius 3 is 1.44 bits per heavy atom. The highest BCUT2D eigenvalue weighted by atomic mass is 32.2. The molecule has 18 heteroatoms. The Morgan fingerprint density at radius 2 is 0.968 bits per heavy atom. The third kappa shape index (κ3) is 12.9. The summed E-state index contributed by atoms with van der Waals surface area (Å²) in [6.45, 7) is 0.610. The largest absolute Gasteiger partial charge is 0.334 e. The first-order valence-corrected chi connectivity index (χ1v) is 21.5. The van der Waals surface area contributed by atoms with Gasteiger partial charge in [-0.05, 0) is 107 Å². The maximum Gasteiger partial charge on any atom is 0.319 e. The van der Waals surface area contributed by atoms with E-state index in [0.717, 1.165) is 34.4 Å². The lowest BCUT2D eigenvalue weighted by Crippen LogP contribution is -2.28. The molecular formula is C44H38F2N8O6S2. The zero-order valence-corrected chi connectivity index (χ0v) is 34.1. The second-order valence-electron chi connectivity index (χ2n) is 13.2. The van der Waals surface area contributed by atoms with E-state index in [1.807, 2.05) is 54.6 Å². The first kappa shape index (κ1) is 43.9. The number of benzene rings is 5. The molecule has 0 fully saturated rings. The van der Waals surface area contributed by atoms with Crippen LogP contribution in [0.5, 0.6) is 0 Å². The number of anilines is 4. The molecular weight excluding hydrogens is 839 g/mol. The number of hydrogen-bond donors (Lipinski definition) is 6. The van der Waals surface area contributed by atoms with E-state index in [9.17, 15) is 35.2 Å². The minimum atomic E-state index is -4.09. The molecule has 0 saturated heterocycles. The number of aromatic nitrogens is 2. The van der Waals surface area contributed by atoms with Gasteiger partial charge in [-0.1, -0.05) is 54.6 Å². The van der Waals surface area contributed by atoms with Crippen LogP contribution in [-0.4, -0.2) is 38.9 Å². The van der Waals surface area contributed by atoms with E-state index in [1.54, 1.807) is 49.1 Å². The molecule has 6 N–H and O–H groups in total. The van der Waals surface area contributed by atoms with E-state index in [-0.39, 0.29) is 22.0 Å². The summed E-state index contributed by atoms with van der Waals surface area (Å²) in [5, 5.41) is 10.6. The summed E-state index contributed by atoms with van der Waals surface area (Å²) in [5.74, 6) is -1.85. The van der Waals surface area contributed by atoms with Gasteiger partial charge in [-0.25, -0.2) is 35.2 Å². The summed E-state index contributed by atoms with van der Waals surface area (Å²) in [7, 11) is -7.86. The van der Waals surface area contributed by atoms with E-state index >= 15 is 0 Å². The normalized spacial score (nSPS) is 10.9. The number of rotatable bonds is 13. The number of nitrogens with zero attached hydrogens (tertiary/aromatic N) is 2. The Balaban J connectivity index is 0.000000209. The lowest BCUT2D eigenvalue weighted by atomic mass is 10.1. The van der Waals surface area contributed by atoms with Crippen molar-refractivity contribution in [3.05, 3.63) is 193 Å². The zero-order valence-electron chi connectivity index (χ0n) is 32.5. The summed E-state index contributed by atoms with van der Waals surface area (Å²) in [4.78, 5) is 31.9. The van der Waals surface area contributed by atoms with Crippen LogP contribution in [0, 0.1) is 11.6 Å². The molecule has 0 radical (unpaired) electrons. The van der Waals surface area contributed by atoms with Gasteiger partial charge in [-0.2, -0.15) is 0 Å². The summed E-state index contributed by atoms with van der Waals surface area (Å²) in [6.07, 6.45) is 6.57. The number of nitrogens with one attached hydrogen (secondary N) is 6. The average molecular weight is 877 g/mol. The van der Waals surface area contributed by atoms with Crippen molar-refractivity contribution in [2.75, 3.05) is 20.1 Å². The SMILES string of the molecule is O=C(NCc1cccnc1)Nc1ccc(S(=O)(=O)Nc2ccc(-c3ccccc3)cc2)cc1.O=C(NCc1cccnc1)Nc1ccc(S(=O)(=O)Nc2ccc(F)cc2F)cc1. The number of halogens is 2. The topological polar surface area (TPSA) is 200 Å². The fourth-order valence-corrected chi connectivity index (χ4v) is 7.63. The number of urea groups is 2. The maximum atomic E-state index is 13.7. The molecule has 0 aliphatic heterocycles. The number of sulfonamides is 2. The predicted molar refractivity (Wildman–Crippen MR) is 233 cm³/mol. The van der Waals surface area contributed by atoms with Crippen molar-refractivity contribution in [2.45, 2.75) is 22.9 Å². The molecule has 5 aromatic carbocycles. The van der Waals surface area contributed by atoms with Crippen molar-refractivity contribution in [1.82, 2.24) is 20.6 Å². The van der Waals surface area contributed by atoms with Gasteiger partial charge in [-0.3, -0.25) is 19.4 Å². The van der Waals surface area contributed by atoms with Gasteiger partial charge in [0, 0.05) is 61.0 Å². The van der Waals surface area contributed by atoms with Gasteiger partial charge in [0.25, 0.3) is 20.0 Å². The second kappa shape index (κ2) is 20.5. The van der Waals surface area contributed by atoms with Gasteiger partial charge in [-0.15, -0.1) is 0 Å². The Labute approximate surface area is 356 Å². The molecule has 14 nitrogen and oxygen atoms in total. The molecule has 0 aliphatic carbocycles. The van der Waals surface area contributed by atoms with Crippen LogP contribution in [-0.2, 0) is 33.1 Å². The minimum Gasteiger partial charge on any atom is -0.334 e. The molecule has 0 atom stereocenters. The fraction of sp³-hybridized carbons (Fsp3) is 0.0455. The molecule has 2 aromatic heterocycles. The van der Waals surface area contributed by atoms with Crippen LogP contribution in [0.2, 0.25) is 0 Å². The van der Waals surface area contributed by atoms with Crippen LogP contribution >= 0.6 is 0 Å². The van der Waals surface area contributed by atoms with Crippen LogP contribution in [0.4, 0.5) is 41.1 Å². The molecule has 0 bridgehead atoms. The van der Waals surface area contributed by atoms with E-state index in [0.29, 0.717) is 29.7 Å². The van der Waals surface area contributed by atoms with Gasteiger partial charge in [0.2, 0.25) is 0 Å². The highest BCUT2D eigenvalue weighted by Crippen LogP contribution is 2.24. The summed E-state index contributed by atoms with van der Waals surface area (Å²) in [6, 6.07) is 37.1. The van der Waals surface area contributed by atoms with Crippen molar-refractivity contribution in [3.63, 3.8) is 0 Å². The van der Waals surface area contributed by atoms with Crippen LogP contribution in [0.25, 0.3) is 11.1 Å². The van der Waals surface area contributed by atoms with E-state index in [2.05, 4.69) is 40.7 Å². The molecule has 0 unspecified atom stereocenters. The van der Waals surface area contributed by atoms with Crippen LogP contribution in [0.15, 0.2) is 180 Å². The van der Waals surface area contributed by atoms with Crippen molar-refractivity contribution in [1.29, 1.82) is 0 Å². The van der Waals surface area contributed by atoms with Gasteiger partial charge >= 0.3 is 12.1 Å². The molecule has 0 aliphatic rings. The van der Waals surface area contributed by atoms with Crippen LogP contribution < -0.4 is 30.7 Å². The summed E-state index contributed by atoms with van der Waals surface area (Å²) >= 11 is 0. The Morgan fingerprint density at radius 1 is 0.500 bits per heavy atom. The van der Waals surface area contributed by atoms with E-state index in [1.165, 1.54) is 48.5 Å². The van der Waals surface area contributed by atoms with Gasteiger partial charge in [0.15, 0.2) is 0 Å². The molecule has 2 heterocycles. The minimum absolute atomic E-state index is 0.0935. The third-order valence-electron chi connectivity index (χ3n) is 8.62. The van der Waals surface area contributed by atoms with Crippen molar-refractivity contribution < 1.29 is 35.2 Å². The number of carbonyl (C=O) groups excluding carboxylic acids is 2. The highest BCUT2D eigenvalue weighted by Gasteiger charge is 2.18. The molecule has 4 amide bonds. The van der Waals surface area contributed by atoms with E-state index in [4.69, 9.17) is 0 Å². The molecule has 7 rings (SSSR count). The molecule has 0 spiro atoms. The van der Waals surface area contributed by atoms with Crippen molar-refractivity contribution >= 4 is 54.9 Å². The number of hydrogen-bond acceptors (Lipinski definition) is 8. The van der Waals surface area contributed by atoms with Crippen molar-refractivity contribution in [3.8, 4) is 11.1 Å². The van der Waals surface area contributed by atoms with E-state index < -0.39 is 43.7 Å². The molecule has 316 valence electrons. The smallest absolute Gasteiger partial charge is 0.319 e. The van der Waals surface area contributed by atoms with Crippen LogP contribution in [0.3, 0.4) is 0 Å². The monoisotopic (exact) mass is 876 g/mol. The van der Waals surface area contributed by atoms with Gasteiger partial charge < -0.3 is 21.3 Å². The summed E-state index contributed by atoms with van der Waals surface area (Å²) in [5.41, 5.74) is 4.68. The molecule has 7 aromatic rings. The van der Waals surface area contributed by atoms with Gasteiger partial charge in [0.05, 0.1) is 15.5 Å². The predicted octanol–water partition coefficient (Wildman–Crippen LogP) is 8.35. The maximum absolute atomic E-state index is 13.7. The number of amides is 4. The van der Waals surface area contributed by atoms with Crippen molar-refractivity contribution in [2.24, 2.45) is 0 Å². The number of carbonyl (C=O) groups is 2. The zero-order chi connectivity index (χ0) is 44.0. The average Bonchev–Trinajstić information content (AvgIpc) is 3.28. The fourth-order valence-electron chi connectivity index (χ4n) is 5.51. The quantitative estimate of drug-likeness (QED) is 0.0664. The second-order valence-corrected chi connectivity index (χ2v) is 16.5. The Hall–Kier alpha value is -7.70. The Bertz CT molecular complexity index is 2810. The standard InChI is InChI=1S/C25H22N4O3S.C19H16F2N4O3S/c30-25(27-18-19-5-4-16-26-17-19)28-22-12-14-24(15-13-22)33(31,32)29-23-10-8-21(9-11-23)20-6-2-1-3-7-20;20-14-3-8-18(17(21)10-14)25-29(27,28)16-6-4-15(5-7-16)24-19(26)23-12-13-2-1-9-22-11-13/h1-17,29H,18H2,(H2,27,28,30);1-11,25H,12H2,(H2,23,24,26). The Kier molecular flexibility index (Phi) is 14.5. The third-order valence-corrected chi connectivity index (χ3v) is 11.4. The molecule has 0 saturated carbocycles. The van der Waals surface area contributed by atoms with Gasteiger partial charge in [0.1, 0.15) is 11.6 Å². The first-order valence-electron chi connectivity index (χ1n) is 18.6. The molecule has 62 heavy (non-hydrogen) atoms. The lowest BCUT2D eigenvalue weighted by Gasteiger charge is -2.11.